The van der Waals surface area contributed by atoms with E-state index in [1.54, 1.807) is 0 Å². The van der Waals surface area contributed by atoms with Crippen molar-refractivity contribution in [3.63, 3.8) is 0 Å². The maximum absolute atomic E-state index is 13.2. The monoisotopic (exact) mass is 293 g/mol. The van der Waals surface area contributed by atoms with E-state index in [4.69, 9.17) is 23.2 Å². The van der Waals surface area contributed by atoms with E-state index in [1.807, 2.05) is 6.92 Å². The highest BCUT2D eigenvalue weighted by atomic mass is 35.5. The number of nitrogens with one attached hydrogen (secondary N) is 1. The molecule has 0 bridgehead atoms. The zero-order valence-electron chi connectivity index (χ0n) is 9.84. The topological polar surface area (TPSA) is 49.3 Å². The van der Waals surface area contributed by atoms with Crippen molar-refractivity contribution in [1.82, 2.24) is 5.32 Å². The van der Waals surface area contributed by atoms with Crippen molar-refractivity contribution >= 4 is 29.1 Å². The quantitative estimate of drug-likeness (QED) is 0.820. The van der Waals surface area contributed by atoms with E-state index in [9.17, 15) is 14.3 Å². The number of rotatable bonds is 5. The van der Waals surface area contributed by atoms with Crippen molar-refractivity contribution in [3.8, 4) is 0 Å². The normalized spacial score (nSPS) is 12.3. The predicted molar refractivity (Wildman–Crippen MR) is 69.7 cm³/mol. The molecule has 100 valence electrons. The largest absolute Gasteiger partial charge is 0.393 e. The molecule has 0 saturated heterocycles. The van der Waals surface area contributed by atoms with Crippen LogP contribution in [-0.4, -0.2) is 23.7 Å². The van der Waals surface area contributed by atoms with Gasteiger partial charge in [-0.1, -0.05) is 30.1 Å². The second kappa shape index (κ2) is 6.92. The lowest BCUT2D eigenvalue weighted by atomic mass is 10.2. The van der Waals surface area contributed by atoms with Gasteiger partial charge in [-0.3, -0.25) is 4.79 Å². The fourth-order valence-electron chi connectivity index (χ4n) is 1.35. The van der Waals surface area contributed by atoms with Crippen LogP contribution >= 0.6 is 23.2 Å². The Bertz CT molecular complexity index is 440. The summed E-state index contributed by atoms with van der Waals surface area (Å²) in [5.74, 6) is -1.18. The second-order valence-electron chi connectivity index (χ2n) is 3.85. The lowest BCUT2D eigenvalue weighted by molar-refractivity contribution is 0.0941. The second-order valence-corrected chi connectivity index (χ2v) is 4.67. The Labute approximate surface area is 115 Å². The number of carbonyl (C=O) groups excluding carboxylic acids is 1. The molecule has 0 aliphatic carbocycles. The van der Waals surface area contributed by atoms with E-state index < -0.39 is 17.8 Å². The smallest absolute Gasteiger partial charge is 0.252 e. The molecule has 0 fully saturated rings. The summed E-state index contributed by atoms with van der Waals surface area (Å²) in [7, 11) is 0. The summed E-state index contributed by atoms with van der Waals surface area (Å²) in [6.45, 7) is 2.15. The van der Waals surface area contributed by atoms with Gasteiger partial charge in [0.1, 0.15) is 5.82 Å². The first-order valence-corrected chi connectivity index (χ1v) is 6.32. The van der Waals surface area contributed by atoms with Crippen molar-refractivity contribution in [3.05, 3.63) is 33.6 Å². The third kappa shape index (κ3) is 4.12. The van der Waals surface area contributed by atoms with E-state index in [2.05, 4.69) is 5.32 Å². The number of carbonyl (C=O) groups is 1. The molecule has 1 aromatic carbocycles. The van der Waals surface area contributed by atoms with Gasteiger partial charge in [-0.15, -0.1) is 0 Å². The van der Waals surface area contributed by atoms with E-state index in [1.165, 1.54) is 6.07 Å². The summed E-state index contributed by atoms with van der Waals surface area (Å²) in [5.41, 5.74) is 0.0320. The van der Waals surface area contributed by atoms with Crippen molar-refractivity contribution in [2.45, 2.75) is 25.9 Å². The number of hydrogen-bond acceptors (Lipinski definition) is 2. The fourth-order valence-corrected chi connectivity index (χ4v) is 1.82. The molecule has 0 aliphatic heterocycles. The summed E-state index contributed by atoms with van der Waals surface area (Å²) in [4.78, 5) is 11.7. The number of aliphatic hydroxyl groups is 1. The summed E-state index contributed by atoms with van der Waals surface area (Å²) >= 11 is 11.3. The van der Waals surface area contributed by atoms with Crippen LogP contribution in [0.15, 0.2) is 12.1 Å². The zero-order chi connectivity index (χ0) is 13.7. The first-order chi connectivity index (χ1) is 8.45. The lowest BCUT2D eigenvalue weighted by Crippen LogP contribution is -2.27. The van der Waals surface area contributed by atoms with Crippen LogP contribution in [0.2, 0.25) is 10.0 Å². The standard InChI is InChI=1S/C12H14Cl2FNO2/c1-2-7(17)3-4-16-12(18)8-5-11(15)10(14)6-9(8)13/h5-7,17H,2-4H2,1H3,(H,16,18). The zero-order valence-corrected chi connectivity index (χ0v) is 11.4. The van der Waals surface area contributed by atoms with Crippen molar-refractivity contribution in [2.75, 3.05) is 6.54 Å². The minimum atomic E-state index is -0.695. The third-order valence-electron chi connectivity index (χ3n) is 2.49. The van der Waals surface area contributed by atoms with Gasteiger partial charge in [0.15, 0.2) is 0 Å². The number of halogens is 3. The maximum atomic E-state index is 13.2. The first kappa shape index (κ1) is 15.2. The van der Waals surface area contributed by atoms with Crippen LogP contribution in [-0.2, 0) is 0 Å². The van der Waals surface area contributed by atoms with Crippen LogP contribution in [0.25, 0.3) is 0 Å². The molecular weight excluding hydrogens is 280 g/mol. The molecule has 3 nitrogen and oxygen atoms in total. The predicted octanol–water partition coefficient (Wildman–Crippen LogP) is 3.02. The minimum absolute atomic E-state index is 0.0320. The van der Waals surface area contributed by atoms with Gasteiger partial charge in [0.25, 0.3) is 5.91 Å². The highest BCUT2D eigenvalue weighted by Gasteiger charge is 2.14. The summed E-state index contributed by atoms with van der Waals surface area (Å²) in [6.07, 6.45) is 0.602. The van der Waals surface area contributed by atoms with E-state index in [0.717, 1.165) is 6.07 Å². The average molecular weight is 294 g/mol. The molecule has 0 spiro atoms. The summed E-state index contributed by atoms with van der Waals surface area (Å²) < 4.78 is 13.2. The van der Waals surface area contributed by atoms with Crippen LogP contribution in [0, 0.1) is 5.82 Å². The average Bonchev–Trinajstić information content (AvgIpc) is 2.33. The lowest BCUT2D eigenvalue weighted by Gasteiger charge is -2.10. The Morgan fingerprint density at radius 1 is 1.44 bits per heavy atom. The van der Waals surface area contributed by atoms with Gasteiger partial charge < -0.3 is 10.4 Å². The van der Waals surface area contributed by atoms with Gasteiger partial charge in [-0.2, -0.15) is 0 Å². The highest BCUT2D eigenvalue weighted by molar-refractivity contribution is 6.36. The molecule has 1 aromatic rings. The van der Waals surface area contributed by atoms with Gasteiger partial charge in [-0.05, 0) is 25.0 Å². The van der Waals surface area contributed by atoms with Gasteiger partial charge >= 0.3 is 0 Å². The molecule has 18 heavy (non-hydrogen) atoms. The van der Waals surface area contributed by atoms with Crippen molar-refractivity contribution in [2.24, 2.45) is 0 Å². The Kier molecular flexibility index (Phi) is 5.85. The van der Waals surface area contributed by atoms with Crippen molar-refractivity contribution < 1.29 is 14.3 Å². The number of benzene rings is 1. The molecule has 2 N–H and O–H groups in total. The molecule has 0 saturated carbocycles. The summed E-state index contributed by atoms with van der Waals surface area (Å²) in [5, 5.41) is 11.8. The molecule has 6 heteroatoms. The van der Waals surface area contributed by atoms with Crippen LogP contribution < -0.4 is 5.32 Å². The van der Waals surface area contributed by atoms with Gasteiger partial charge in [0, 0.05) is 6.54 Å². The Hall–Kier alpha value is -0.840. The molecule has 0 aliphatic rings. The van der Waals surface area contributed by atoms with E-state index in [0.29, 0.717) is 19.4 Å². The molecule has 1 rings (SSSR count). The molecule has 0 heterocycles. The van der Waals surface area contributed by atoms with Gasteiger partial charge in [0.05, 0.1) is 21.7 Å². The van der Waals surface area contributed by atoms with Gasteiger partial charge in [-0.25, -0.2) is 4.39 Å². The third-order valence-corrected chi connectivity index (χ3v) is 3.09. The molecule has 0 radical (unpaired) electrons. The summed E-state index contributed by atoms with van der Waals surface area (Å²) in [6, 6.07) is 2.19. The molecule has 1 amide bonds. The Morgan fingerprint density at radius 2 is 2.11 bits per heavy atom. The van der Waals surface area contributed by atoms with Crippen LogP contribution in [0.1, 0.15) is 30.1 Å². The van der Waals surface area contributed by atoms with E-state index >= 15 is 0 Å². The molecule has 1 atom stereocenters. The molecule has 0 aromatic heterocycles. The SMILES string of the molecule is CCC(O)CCNC(=O)c1cc(F)c(Cl)cc1Cl. The van der Waals surface area contributed by atoms with Gasteiger partial charge in [0.2, 0.25) is 0 Å². The number of aliphatic hydroxyl groups excluding tert-OH is 1. The fraction of sp³-hybridized carbons (Fsp3) is 0.417. The Balaban J connectivity index is 2.64. The van der Waals surface area contributed by atoms with Crippen molar-refractivity contribution in [1.29, 1.82) is 0 Å². The highest BCUT2D eigenvalue weighted by Crippen LogP contribution is 2.24. The molecule has 1 unspecified atom stereocenters. The number of hydrogen-bond donors (Lipinski definition) is 2. The molecular formula is C12H14Cl2FNO2. The number of amides is 1. The minimum Gasteiger partial charge on any atom is -0.393 e. The van der Waals surface area contributed by atoms with Crippen LogP contribution in [0.4, 0.5) is 4.39 Å². The first-order valence-electron chi connectivity index (χ1n) is 5.56. The van der Waals surface area contributed by atoms with Crippen LogP contribution in [0.3, 0.4) is 0 Å². The Morgan fingerprint density at radius 3 is 2.72 bits per heavy atom. The van der Waals surface area contributed by atoms with Crippen LogP contribution in [0.5, 0.6) is 0 Å². The van der Waals surface area contributed by atoms with E-state index in [-0.39, 0.29) is 15.6 Å². The maximum Gasteiger partial charge on any atom is 0.252 e.